The highest BCUT2D eigenvalue weighted by Gasteiger charge is 2.24. The molecule has 3 N–H and O–H groups in total. The first-order chi connectivity index (χ1) is 10.7. The molecule has 0 saturated heterocycles. The van der Waals surface area contributed by atoms with Crippen LogP contribution in [0.4, 0.5) is 0 Å². The molecule has 0 fully saturated rings. The number of hydrogen-bond donors (Lipinski definition) is 3. The molecule has 136 valence electrons. The second kappa shape index (κ2) is 11.3. The molecule has 0 saturated carbocycles. The normalized spacial score (nSPS) is 15.0. The number of hydrogen-bond acceptors (Lipinski definition) is 3. The molecule has 0 rings (SSSR count). The number of ether oxygens (including phenoxy) is 1. The fraction of sp³-hybridized carbons (Fsp3) is 0.882. The number of aliphatic imine (C=N–C) groups is 1. The lowest BCUT2D eigenvalue weighted by Gasteiger charge is -2.28. The van der Waals surface area contributed by atoms with Gasteiger partial charge in [0.05, 0.1) is 12.6 Å². The van der Waals surface area contributed by atoms with E-state index in [0.717, 1.165) is 18.9 Å². The van der Waals surface area contributed by atoms with Crippen LogP contribution in [-0.2, 0) is 9.53 Å². The van der Waals surface area contributed by atoms with Crippen LogP contribution in [0.15, 0.2) is 4.99 Å². The van der Waals surface area contributed by atoms with Crippen molar-refractivity contribution in [2.45, 2.75) is 66.5 Å². The van der Waals surface area contributed by atoms with E-state index >= 15 is 0 Å². The van der Waals surface area contributed by atoms with Crippen LogP contribution in [0.25, 0.3) is 0 Å². The molecular formula is C17H36N4O2. The first kappa shape index (κ1) is 21.7. The number of nitrogens with one attached hydrogen (secondary N) is 3. The van der Waals surface area contributed by atoms with Gasteiger partial charge in [-0.25, -0.2) is 0 Å². The number of carbonyl (C=O) groups is 1. The Morgan fingerprint density at radius 2 is 1.87 bits per heavy atom. The van der Waals surface area contributed by atoms with Crippen LogP contribution in [0.5, 0.6) is 0 Å². The van der Waals surface area contributed by atoms with Crippen LogP contribution >= 0.6 is 0 Å². The summed E-state index contributed by atoms with van der Waals surface area (Å²) in [6, 6.07) is 0.221. The van der Waals surface area contributed by atoms with Crippen molar-refractivity contribution in [1.29, 1.82) is 0 Å². The first-order valence-electron chi connectivity index (χ1n) is 8.58. The molecule has 0 heterocycles. The summed E-state index contributed by atoms with van der Waals surface area (Å²) < 4.78 is 5.52. The molecule has 2 atom stereocenters. The predicted octanol–water partition coefficient (Wildman–Crippen LogP) is 1.91. The third-order valence-corrected chi connectivity index (χ3v) is 3.67. The summed E-state index contributed by atoms with van der Waals surface area (Å²) in [5.74, 6) is 0.780. The quantitative estimate of drug-likeness (QED) is 0.446. The maximum atomic E-state index is 11.8. The van der Waals surface area contributed by atoms with Gasteiger partial charge in [0, 0.05) is 32.7 Å². The topological polar surface area (TPSA) is 74.8 Å². The van der Waals surface area contributed by atoms with Crippen molar-refractivity contribution in [2.24, 2.45) is 10.4 Å². The molecule has 0 aliphatic rings. The van der Waals surface area contributed by atoms with E-state index in [-0.39, 0.29) is 23.5 Å². The Hall–Kier alpha value is -1.30. The van der Waals surface area contributed by atoms with Gasteiger partial charge >= 0.3 is 0 Å². The molecule has 0 aliphatic carbocycles. The van der Waals surface area contributed by atoms with Gasteiger partial charge in [0.1, 0.15) is 0 Å². The molecule has 0 bridgehead atoms. The minimum Gasteiger partial charge on any atom is -0.379 e. The van der Waals surface area contributed by atoms with Crippen molar-refractivity contribution in [1.82, 2.24) is 16.0 Å². The van der Waals surface area contributed by atoms with Gasteiger partial charge in [-0.2, -0.15) is 0 Å². The Bertz CT molecular complexity index is 364. The second-order valence-electron chi connectivity index (χ2n) is 6.86. The average molecular weight is 329 g/mol. The van der Waals surface area contributed by atoms with E-state index in [1.165, 1.54) is 0 Å². The van der Waals surface area contributed by atoms with E-state index in [1.807, 2.05) is 13.8 Å². The first-order valence-corrected chi connectivity index (χ1v) is 8.58. The van der Waals surface area contributed by atoms with Crippen molar-refractivity contribution >= 4 is 11.9 Å². The van der Waals surface area contributed by atoms with E-state index in [0.29, 0.717) is 19.5 Å². The highest BCUT2D eigenvalue weighted by Crippen LogP contribution is 2.21. The molecule has 0 aromatic rings. The average Bonchev–Trinajstić information content (AvgIpc) is 2.46. The molecule has 0 radical (unpaired) electrons. The van der Waals surface area contributed by atoms with Crippen LogP contribution < -0.4 is 16.0 Å². The maximum absolute atomic E-state index is 11.8. The van der Waals surface area contributed by atoms with Crippen LogP contribution in [0.3, 0.4) is 0 Å². The smallest absolute Gasteiger partial charge is 0.221 e. The summed E-state index contributed by atoms with van der Waals surface area (Å²) >= 11 is 0. The van der Waals surface area contributed by atoms with E-state index in [1.54, 1.807) is 7.11 Å². The maximum Gasteiger partial charge on any atom is 0.221 e. The van der Waals surface area contributed by atoms with Crippen molar-refractivity contribution < 1.29 is 9.53 Å². The molecule has 6 heteroatoms. The lowest BCUT2D eigenvalue weighted by Crippen LogP contribution is -2.41. The Morgan fingerprint density at radius 3 is 2.35 bits per heavy atom. The molecule has 0 aromatic carbocycles. The Labute approximate surface area is 141 Å². The molecule has 6 nitrogen and oxygen atoms in total. The SMILES string of the molecule is CCNC(=NCC(OC)C(C)(C)C)NCCC(=O)NC(C)CC. The van der Waals surface area contributed by atoms with Gasteiger partial charge in [-0.15, -0.1) is 0 Å². The van der Waals surface area contributed by atoms with Crippen LogP contribution in [0.2, 0.25) is 0 Å². The van der Waals surface area contributed by atoms with Gasteiger partial charge < -0.3 is 20.7 Å². The van der Waals surface area contributed by atoms with Gasteiger partial charge in [0.25, 0.3) is 0 Å². The van der Waals surface area contributed by atoms with Crippen molar-refractivity contribution in [3.05, 3.63) is 0 Å². The van der Waals surface area contributed by atoms with Crippen LogP contribution in [0.1, 0.15) is 54.4 Å². The Morgan fingerprint density at radius 1 is 1.22 bits per heavy atom. The molecule has 23 heavy (non-hydrogen) atoms. The van der Waals surface area contributed by atoms with E-state index < -0.39 is 0 Å². The summed E-state index contributed by atoms with van der Waals surface area (Å²) in [6.07, 6.45) is 1.42. The summed E-state index contributed by atoms with van der Waals surface area (Å²) in [7, 11) is 1.71. The fourth-order valence-corrected chi connectivity index (χ4v) is 1.96. The molecule has 0 spiro atoms. The van der Waals surface area contributed by atoms with Crippen molar-refractivity contribution in [3.63, 3.8) is 0 Å². The van der Waals surface area contributed by atoms with Crippen molar-refractivity contribution in [2.75, 3.05) is 26.7 Å². The summed E-state index contributed by atoms with van der Waals surface area (Å²) in [5, 5.41) is 9.34. The molecule has 0 aromatic heterocycles. The van der Waals surface area contributed by atoms with Gasteiger partial charge in [-0.3, -0.25) is 9.79 Å². The zero-order valence-corrected chi connectivity index (χ0v) is 16.0. The second-order valence-corrected chi connectivity index (χ2v) is 6.86. The lowest BCUT2D eigenvalue weighted by atomic mass is 9.89. The molecule has 2 unspecified atom stereocenters. The molecule has 1 amide bonds. The predicted molar refractivity (Wildman–Crippen MR) is 96.7 cm³/mol. The number of methoxy groups -OCH3 is 1. The molecule has 0 aliphatic heterocycles. The monoisotopic (exact) mass is 328 g/mol. The third-order valence-electron chi connectivity index (χ3n) is 3.67. The summed E-state index contributed by atoms with van der Waals surface area (Å²) in [5.41, 5.74) is 0.0335. The number of nitrogens with zero attached hydrogens (tertiary/aromatic N) is 1. The highest BCUT2D eigenvalue weighted by atomic mass is 16.5. The van der Waals surface area contributed by atoms with Crippen LogP contribution in [0, 0.1) is 5.41 Å². The third kappa shape index (κ3) is 10.2. The Balaban J connectivity index is 4.40. The zero-order chi connectivity index (χ0) is 17.9. The number of amides is 1. The van der Waals surface area contributed by atoms with Gasteiger partial charge in [0.2, 0.25) is 5.91 Å². The van der Waals surface area contributed by atoms with Gasteiger partial charge in [-0.05, 0) is 25.7 Å². The van der Waals surface area contributed by atoms with E-state index in [2.05, 4.69) is 48.6 Å². The molecular weight excluding hydrogens is 292 g/mol. The minimum atomic E-state index is 0.0335. The van der Waals surface area contributed by atoms with Gasteiger partial charge in [-0.1, -0.05) is 27.7 Å². The Kier molecular flexibility index (Phi) is 10.6. The number of guanidine groups is 1. The van der Waals surface area contributed by atoms with E-state index in [9.17, 15) is 4.79 Å². The zero-order valence-electron chi connectivity index (χ0n) is 16.0. The standard InChI is InChI=1S/C17H36N4O2/c1-8-13(3)21-15(22)10-11-19-16(18-9-2)20-12-14(23-7)17(4,5)6/h13-14H,8-12H2,1-7H3,(H,21,22)(H2,18,19,20). The number of carbonyl (C=O) groups excluding carboxylic acids is 1. The highest BCUT2D eigenvalue weighted by molar-refractivity contribution is 5.81. The van der Waals surface area contributed by atoms with E-state index in [4.69, 9.17) is 4.74 Å². The van der Waals surface area contributed by atoms with Gasteiger partial charge in [0.15, 0.2) is 5.96 Å². The minimum absolute atomic E-state index is 0.0335. The fourth-order valence-electron chi connectivity index (χ4n) is 1.96. The van der Waals surface area contributed by atoms with Crippen LogP contribution in [-0.4, -0.2) is 50.8 Å². The largest absolute Gasteiger partial charge is 0.379 e. The number of rotatable bonds is 9. The summed E-state index contributed by atoms with van der Waals surface area (Å²) in [4.78, 5) is 16.3. The summed E-state index contributed by atoms with van der Waals surface area (Å²) in [6.45, 7) is 14.4. The lowest BCUT2D eigenvalue weighted by molar-refractivity contribution is -0.121. The van der Waals surface area contributed by atoms with Crippen molar-refractivity contribution in [3.8, 4) is 0 Å².